The van der Waals surface area contributed by atoms with Crippen LogP contribution in [0.4, 0.5) is 17.1 Å². The molecule has 0 amide bonds. The lowest BCUT2D eigenvalue weighted by Gasteiger charge is -2.41. The van der Waals surface area contributed by atoms with Crippen molar-refractivity contribution in [2.45, 2.75) is 84.5 Å². The summed E-state index contributed by atoms with van der Waals surface area (Å²) in [4.78, 5) is 2.36. The lowest BCUT2D eigenvalue weighted by molar-refractivity contribution is 0.332. The standard InChI is InChI=1S/C43H44ClNO/c1-27-20-30(44)23-32(21-27)45(38-16-14-29(41(2,3)4)22-33(38)28-12-10-9-11-13-28)31-15-17-39-34(24-31)35-25-36-37(26-40(35)46-39)43(7,8)19-18-42(36,5)6/h9-17,20-26H,18-19H2,1-8H3. The number of rotatable bonds is 4. The Balaban J connectivity index is 1.50. The molecule has 1 aliphatic rings. The summed E-state index contributed by atoms with van der Waals surface area (Å²) in [6, 6.07) is 35.3. The van der Waals surface area contributed by atoms with E-state index in [4.69, 9.17) is 16.0 Å². The topological polar surface area (TPSA) is 16.4 Å². The second-order valence-corrected chi connectivity index (χ2v) is 16.1. The maximum Gasteiger partial charge on any atom is 0.135 e. The minimum Gasteiger partial charge on any atom is -0.456 e. The monoisotopic (exact) mass is 625 g/mol. The Morgan fingerprint density at radius 1 is 0.674 bits per heavy atom. The molecule has 0 saturated carbocycles. The van der Waals surface area contributed by atoms with Gasteiger partial charge in [-0.15, -0.1) is 0 Å². The Kier molecular flexibility index (Phi) is 7.18. The highest BCUT2D eigenvalue weighted by Gasteiger charge is 2.37. The van der Waals surface area contributed by atoms with Crippen LogP contribution in [-0.2, 0) is 16.2 Å². The summed E-state index contributed by atoms with van der Waals surface area (Å²) in [6.45, 7) is 18.4. The molecule has 7 rings (SSSR count). The second-order valence-electron chi connectivity index (χ2n) is 15.6. The van der Waals surface area contributed by atoms with Crippen molar-refractivity contribution in [1.29, 1.82) is 0 Å². The molecule has 5 aromatic carbocycles. The molecule has 1 heterocycles. The van der Waals surface area contributed by atoms with E-state index in [1.165, 1.54) is 46.0 Å². The van der Waals surface area contributed by atoms with Crippen molar-refractivity contribution in [3.8, 4) is 11.1 Å². The SMILES string of the molecule is Cc1cc(Cl)cc(N(c2ccc3oc4cc5c(cc4c3c2)C(C)(C)CCC5(C)C)c2ccc(C(C)(C)C)cc2-c2ccccc2)c1. The molecule has 3 heteroatoms. The van der Waals surface area contributed by atoms with Crippen molar-refractivity contribution in [3.05, 3.63) is 124 Å². The molecule has 0 unspecified atom stereocenters. The quantitative estimate of drug-likeness (QED) is 0.194. The zero-order valence-corrected chi connectivity index (χ0v) is 29.1. The fourth-order valence-corrected chi connectivity index (χ4v) is 7.57. The van der Waals surface area contributed by atoms with Crippen molar-refractivity contribution in [2.24, 2.45) is 0 Å². The van der Waals surface area contributed by atoms with Gasteiger partial charge in [-0.2, -0.15) is 0 Å². The second kappa shape index (κ2) is 10.8. The first-order chi connectivity index (χ1) is 21.7. The molecular formula is C43H44ClNO. The number of hydrogen-bond donors (Lipinski definition) is 0. The third-order valence-electron chi connectivity index (χ3n) is 10.2. The summed E-state index contributed by atoms with van der Waals surface area (Å²) in [6.07, 6.45) is 2.35. The Bertz CT molecular complexity index is 2090. The zero-order chi connectivity index (χ0) is 32.6. The van der Waals surface area contributed by atoms with Gasteiger partial charge in [0.05, 0.1) is 5.69 Å². The van der Waals surface area contributed by atoms with Gasteiger partial charge in [-0.1, -0.05) is 96.5 Å². The van der Waals surface area contributed by atoms with Gasteiger partial charge in [0, 0.05) is 32.7 Å². The predicted molar refractivity (Wildman–Crippen MR) is 198 cm³/mol. The maximum absolute atomic E-state index is 6.74. The number of hydrogen-bond acceptors (Lipinski definition) is 2. The number of fused-ring (bicyclic) bond motifs is 4. The van der Waals surface area contributed by atoms with Gasteiger partial charge in [0.2, 0.25) is 0 Å². The van der Waals surface area contributed by atoms with Crippen LogP contribution in [0.2, 0.25) is 5.02 Å². The number of benzene rings is 5. The molecule has 0 radical (unpaired) electrons. The van der Waals surface area contributed by atoms with Gasteiger partial charge in [0.25, 0.3) is 0 Å². The van der Waals surface area contributed by atoms with Crippen molar-refractivity contribution in [3.63, 3.8) is 0 Å². The normalized spacial score (nSPS) is 15.7. The number of furan rings is 1. The summed E-state index contributed by atoms with van der Waals surface area (Å²) in [5.41, 5.74) is 12.9. The molecule has 0 spiro atoms. The Hall–Kier alpha value is -4.01. The molecule has 0 atom stereocenters. The molecule has 0 bridgehead atoms. The third-order valence-corrected chi connectivity index (χ3v) is 10.4. The Morgan fingerprint density at radius 2 is 1.35 bits per heavy atom. The van der Waals surface area contributed by atoms with Gasteiger partial charge in [-0.05, 0) is 124 Å². The van der Waals surface area contributed by atoms with Gasteiger partial charge < -0.3 is 9.32 Å². The van der Waals surface area contributed by atoms with Crippen LogP contribution in [0.25, 0.3) is 33.1 Å². The predicted octanol–water partition coefficient (Wildman–Crippen LogP) is 13.3. The summed E-state index contributed by atoms with van der Waals surface area (Å²) in [7, 11) is 0. The molecule has 0 N–H and O–H groups in total. The largest absolute Gasteiger partial charge is 0.456 e. The van der Waals surface area contributed by atoms with E-state index in [1.54, 1.807) is 0 Å². The molecule has 1 aliphatic carbocycles. The highest BCUT2D eigenvalue weighted by molar-refractivity contribution is 6.31. The van der Waals surface area contributed by atoms with Crippen LogP contribution in [0.15, 0.2) is 101 Å². The van der Waals surface area contributed by atoms with Gasteiger partial charge in [-0.25, -0.2) is 0 Å². The maximum atomic E-state index is 6.74. The molecular weight excluding hydrogens is 582 g/mol. The zero-order valence-electron chi connectivity index (χ0n) is 28.4. The molecule has 46 heavy (non-hydrogen) atoms. The Labute approximate surface area is 279 Å². The minimum absolute atomic E-state index is 0.00956. The first kappa shape index (κ1) is 30.6. The number of halogens is 1. The van der Waals surface area contributed by atoms with E-state index >= 15 is 0 Å². The van der Waals surface area contributed by atoms with E-state index in [9.17, 15) is 0 Å². The lowest BCUT2D eigenvalue weighted by Crippen LogP contribution is -2.33. The van der Waals surface area contributed by atoms with E-state index in [2.05, 4.69) is 151 Å². The highest BCUT2D eigenvalue weighted by atomic mass is 35.5. The van der Waals surface area contributed by atoms with E-state index in [-0.39, 0.29) is 16.2 Å². The third kappa shape index (κ3) is 5.31. The van der Waals surface area contributed by atoms with E-state index in [1.807, 2.05) is 6.07 Å². The van der Waals surface area contributed by atoms with Crippen LogP contribution in [-0.4, -0.2) is 0 Å². The molecule has 6 aromatic rings. The minimum atomic E-state index is 0.00956. The molecule has 0 aliphatic heterocycles. The average molecular weight is 626 g/mol. The van der Waals surface area contributed by atoms with Gasteiger partial charge in [0.15, 0.2) is 0 Å². The number of aryl methyl sites for hydroxylation is 1. The first-order valence-corrected chi connectivity index (χ1v) is 16.9. The van der Waals surface area contributed by atoms with Crippen LogP contribution >= 0.6 is 11.6 Å². The lowest BCUT2D eigenvalue weighted by atomic mass is 9.63. The molecule has 0 saturated heterocycles. The first-order valence-electron chi connectivity index (χ1n) is 16.5. The molecule has 234 valence electrons. The average Bonchev–Trinajstić information content (AvgIpc) is 3.36. The smallest absolute Gasteiger partial charge is 0.135 e. The summed E-state index contributed by atoms with van der Waals surface area (Å²) >= 11 is 6.74. The summed E-state index contributed by atoms with van der Waals surface area (Å²) < 4.78 is 6.57. The van der Waals surface area contributed by atoms with E-state index < -0.39 is 0 Å². The molecule has 2 nitrogen and oxygen atoms in total. The molecule has 1 aromatic heterocycles. The summed E-state index contributed by atoms with van der Waals surface area (Å²) in [5, 5.41) is 3.03. The fraction of sp³-hybridized carbons (Fsp3) is 0.302. The van der Waals surface area contributed by atoms with Gasteiger partial charge >= 0.3 is 0 Å². The van der Waals surface area contributed by atoms with Gasteiger partial charge in [0.1, 0.15) is 11.2 Å². The van der Waals surface area contributed by atoms with Crippen molar-refractivity contribution in [1.82, 2.24) is 0 Å². The molecule has 0 fully saturated rings. The van der Waals surface area contributed by atoms with Crippen molar-refractivity contribution in [2.75, 3.05) is 4.90 Å². The van der Waals surface area contributed by atoms with Crippen LogP contribution in [0.5, 0.6) is 0 Å². The summed E-state index contributed by atoms with van der Waals surface area (Å²) in [5.74, 6) is 0. The van der Waals surface area contributed by atoms with Gasteiger partial charge in [-0.3, -0.25) is 0 Å². The van der Waals surface area contributed by atoms with Crippen LogP contribution in [0.1, 0.15) is 83.6 Å². The highest BCUT2D eigenvalue weighted by Crippen LogP contribution is 2.49. The van der Waals surface area contributed by atoms with Crippen LogP contribution < -0.4 is 4.90 Å². The fourth-order valence-electron chi connectivity index (χ4n) is 7.28. The Morgan fingerprint density at radius 3 is 2.02 bits per heavy atom. The van der Waals surface area contributed by atoms with E-state index in [0.717, 1.165) is 44.2 Å². The van der Waals surface area contributed by atoms with Crippen molar-refractivity contribution < 1.29 is 4.42 Å². The number of nitrogens with zero attached hydrogens (tertiary/aromatic N) is 1. The van der Waals surface area contributed by atoms with E-state index in [0.29, 0.717) is 0 Å². The van der Waals surface area contributed by atoms with Crippen molar-refractivity contribution >= 4 is 50.6 Å². The number of anilines is 3. The van der Waals surface area contributed by atoms with Crippen LogP contribution in [0, 0.1) is 6.92 Å². The van der Waals surface area contributed by atoms with Crippen LogP contribution in [0.3, 0.4) is 0 Å².